The molecule has 0 radical (unpaired) electrons. The Labute approximate surface area is 174 Å². The molecule has 0 saturated carbocycles. The number of aliphatic imine (C=N–C) groups is 1. The van der Waals surface area contributed by atoms with Crippen molar-refractivity contribution < 1.29 is 14.3 Å². The fourth-order valence-corrected chi connectivity index (χ4v) is 3.91. The van der Waals surface area contributed by atoms with Crippen LogP contribution in [0.1, 0.15) is 19.3 Å². The molecule has 0 bridgehead atoms. The summed E-state index contributed by atoms with van der Waals surface area (Å²) in [7, 11) is 3.49. The molecule has 29 heavy (non-hydrogen) atoms. The van der Waals surface area contributed by atoms with Crippen molar-refractivity contribution in [2.24, 2.45) is 10.9 Å². The van der Waals surface area contributed by atoms with Crippen LogP contribution in [0.5, 0.6) is 0 Å². The van der Waals surface area contributed by atoms with Crippen molar-refractivity contribution in [3.05, 3.63) is 0 Å². The molecule has 3 heterocycles. The van der Waals surface area contributed by atoms with Gasteiger partial charge < -0.3 is 24.8 Å². The minimum Gasteiger partial charge on any atom is -0.381 e. The number of amides is 2. The first kappa shape index (κ1) is 21.8. The van der Waals surface area contributed by atoms with E-state index in [4.69, 9.17) is 4.74 Å². The van der Waals surface area contributed by atoms with Crippen LogP contribution in [0.25, 0.3) is 0 Å². The lowest BCUT2D eigenvalue weighted by Crippen LogP contribution is -2.54. The molecule has 3 saturated heterocycles. The highest BCUT2D eigenvalue weighted by molar-refractivity contribution is 5.85. The lowest BCUT2D eigenvalue weighted by Gasteiger charge is -2.37. The number of carbonyl (C=O) groups is 2. The Kier molecular flexibility index (Phi) is 8.11. The zero-order chi connectivity index (χ0) is 20.6. The maximum Gasteiger partial charge on any atom is 0.243 e. The molecular formula is C20H36N6O3. The lowest BCUT2D eigenvalue weighted by atomic mass is 10.1. The molecule has 1 unspecified atom stereocenters. The summed E-state index contributed by atoms with van der Waals surface area (Å²) in [5.41, 5.74) is 0. The quantitative estimate of drug-likeness (QED) is 0.462. The Hall–Kier alpha value is -1.87. The van der Waals surface area contributed by atoms with Crippen LogP contribution in [0.4, 0.5) is 0 Å². The van der Waals surface area contributed by atoms with E-state index in [1.165, 1.54) is 0 Å². The van der Waals surface area contributed by atoms with Gasteiger partial charge in [0, 0.05) is 72.4 Å². The van der Waals surface area contributed by atoms with E-state index < -0.39 is 0 Å². The zero-order valence-electron chi connectivity index (χ0n) is 17.9. The number of likely N-dealkylation sites (tertiary alicyclic amines) is 1. The van der Waals surface area contributed by atoms with Crippen molar-refractivity contribution >= 4 is 17.8 Å². The van der Waals surface area contributed by atoms with Gasteiger partial charge in [0.25, 0.3) is 0 Å². The highest BCUT2D eigenvalue weighted by Crippen LogP contribution is 2.12. The zero-order valence-corrected chi connectivity index (χ0v) is 17.9. The van der Waals surface area contributed by atoms with E-state index in [1.807, 2.05) is 4.90 Å². The lowest BCUT2D eigenvalue weighted by molar-refractivity contribution is -0.131. The first-order chi connectivity index (χ1) is 14.0. The Balaban J connectivity index is 1.51. The van der Waals surface area contributed by atoms with Crippen LogP contribution < -0.4 is 5.32 Å². The van der Waals surface area contributed by atoms with Gasteiger partial charge in [0.15, 0.2) is 5.96 Å². The second-order valence-electron chi connectivity index (χ2n) is 8.39. The van der Waals surface area contributed by atoms with Crippen molar-refractivity contribution in [2.75, 3.05) is 86.2 Å². The minimum atomic E-state index is -0.0108. The molecular weight excluding hydrogens is 372 g/mol. The minimum absolute atomic E-state index is 0.0108. The third-order valence-electron chi connectivity index (χ3n) is 5.93. The first-order valence-electron chi connectivity index (χ1n) is 10.8. The number of rotatable bonds is 6. The molecule has 3 rings (SSSR count). The summed E-state index contributed by atoms with van der Waals surface area (Å²) >= 11 is 0. The van der Waals surface area contributed by atoms with Crippen LogP contribution >= 0.6 is 0 Å². The predicted molar refractivity (Wildman–Crippen MR) is 112 cm³/mol. The fourth-order valence-electron chi connectivity index (χ4n) is 3.91. The van der Waals surface area contributed by atoms with Crippen LogP contribution in [-0.4, -0.2) is 124 Å². The maximum atomic E-state index is 12.4. The average molecular weight is 409 g/mol. The predicted octanol–water partition coefficient (Wildman–Crippen LogP) is -0.703. The van der Waals surface area contributed by atoms with Gasteiger partial charge in [-0.2, -0.15) is 0 Å². The van der Waals surface area contributed by atoms with Crippen LogP contribution in [0.15, 0.2) is 4.99 Å². The smallest absolute Gasteiger partial charge is 0.243 e. The number of ether oxygens (including phenoxy) is 1. The average Bonchev–Trinajstić information content (AvgIpc) is 3.42. The van der Waals surface area contributed by atoms with E-state index in [9.17, 15) is 9.59 Å². The van der Waals surface area contributed by atoms with Crippen molar-refractivity contribution in [2.45, 2.75) is 19.3 Å². The molecule has 0 aromatic heterocycles. The largest absolute Gasteiger partial charge is 0.381 e. The molecule has 1 atom stereocenters. The van der Waals surface area contributed by atoms with Gasteiger partial charge in [-0.1, -0.05) is 0 Å². The molecule has 0 aromatic rings. The molecule has 0 aliphatic carbocycles. The number of nitrogens with zero attached hydrogens (tertiary/aromatic N) is 5. The number of hydrogen-bond donors (Lipinski definition) is 1. The van der Waals surface area contributed by atoms with Gasteiger partial charge in [-0.05, 0) is 19.3 Å². The van der Waals surface area contributed by atoms with Gasteiger partial charge in [0.2, 0.25) is 11.8 Å². The summed E-state index contributed by atoms with van der Waals surface area (Å²) in [6.07, 6.45) is 3.31. The number of hydrogen-bond acceptors (Lipinski definition) is 5. The van der Waals surface area contributed by atoms with Crippen molar-refractivity contribution in [1.29, 1.82) is 0 Å². The van der Waals surface area contributed by atoms with E-state index in [0.29, 0.717) is 12.5 Å². The molecule has 9 nitrogen and oxygen atoms in total. The molecule has 0 spiro atoms. The van der Waals surface area contributed by atoms with Crippen molar-refractivity contribution in [1.82, 2.24) is 24.9 Å². The maximum absolute atomic E-state index is 12.4. The Morgan fingerprint density at radius 1 is 1.07 bits per heavy atom. The highest BCUT2D eigenvalue weighted by Gasteiger charge is 2.25. The monoisotopic (exact) mass is 408 g/mol. The Morgan fingerprint density at radius 2 is 1.79 bits per heavy atom. The number of nitrogens with one attached hydrogen (secondary N) is 1. The highest BCUT2D eigenvalue weighted by atomic mass is 16.5. The molecule has 3 aliphatic rings. The Morgan fingerprint density at radius 3 is 2.41 bits per heavy atom. The van der Waals surface area contributed by atoms with Gasteiger partial charge in [-0.25, -0.2) is 4.99 Å². The van der Waals surface area contributed by atoms with Gasteiger partial charge >= 0.3 is 0 Å². The van der Waals surface area contributed by atoms with Gasteiger partial charge in [0.1, 0.15) is 6.54 Å². The second-order valence-corrected chi connectivity index (χ2v) is 8.39. The van der Waals surface area contributed by atoms with Gasteiger partial charge in [0.05, 0.1) is 13.2 Å². The molecule has 164 valence electrons. The summed E-state index contributed by atoms with van der Waals surface area (Å²) in [6.45, 7) is 8.13. The van der Waals surface area contributed by atoms with Crippen LogP contribution in [0.3, 0.4) is 0 Å². The van der Waals surface area contributed by atoms with E-state index in [-0.39, 0.29) is 18.4 Å². The van der Waals surface area contributed by atoms with Crippen LogP contribution in [0.2, 0.25) is 0 Å². The molecule has 2 amide bonds. The molecule has 3 aliphatic heterocycles. The van der Waals surface area contributed by atoms with Gasteiger partial charge in [-0.15, -0.1) is 0 Å². The summed E-state index contributed by atoms with van der Waals surface area (Å²) < 4.78 is 5.46. The third-order valence-corrected chi connectivity index (χ3v) is 5.93. The SMILES string of the molecule is CN(C)C(=O)CN=C(NCC1CCOC1)N1CCN(CC(=O)N2CCCC2)CC1. The number of likely N-dealkylation sites (N-methyl/N-ethyl adjacent to an activating group) is 1. The number of carbonyl (C=O) groups excluding carboxylic acids is 2. The fraction of sp³-hybridized carbons (Fsp3) is 0.850. The molecule has 1 N–H and O–H groups in total. The van der Waals surface area contributed by atoms with Gasteiger partial charge in [-0.3, -0.25) is 14.5 Å². The summed E-state index contributed by atoms with van der Waals surface area (Å²) in [5, 5.41) is 3.46. The first-order valence-corrected chi connectivity index (χ1v) is 10.8. The summed E-state index contributed by atoms with van der Waals surface area (Å²) in [4.78, 5) is 37.0. The van der Waals surface area contributed by atoms with Crippen LogP contribution in [-0.2, 0) is 14.3 Å². The van der Waals surface area contributed by atoms with Crippen molar-refractivity contribution in [3.8, 4) is 0 Å². The van der Waals surface area contributed by atoms with E-state index >= 15 is 0 Å². The number of piperazine rings is 1. The Bertz CT molecular complexity index is 577. The van der Waals surface area contributed by atoms with Crippen LogP contribution in [0, 0.1) is 5.92 Å². The molecule has 0 aromatic carbocycles. The van der Waals surface area contributed by atoms with E-state index in [2.05, 4.69) is 20.1 Å². The summed E-state index contributed by atoms with van der Waals surface area (Å²) in [5.74, 6) is 1.52. The topological polar surface area (TPSA) is 80.7 Å². The standard InChI is InChI=1S/C20H36N6O3/c1-23(2)18(27)14-22-20(21-13-17-5-12-29-16-17)26-10-8-24(9-11-26)15-19(28)25-6-3-4-7-25/h17H,3-16H2,1-2H3,(H,21,22). The van der Waals surface area contributed by atoms with E-state index in [0.717, 1.165) is 84.2 Å². The van der Waals surface area contributed by atoms with Crippen molar-refractivity contribution in [3.63, 3.8) is 0 Å². The third kappa shape index (κ3) is 6.57. The normalized spacial score (nSPS) is 23.5. The molecule has 9 heteroatoms. The summed E-state index contributed by atoms with van der Waals surface area (Å²) in [6, 6.07) is 0. The molecule has 3 fully saturated rings. The second kappa shape index (κ2) is 10.8. The van der Waals surface area contributed by atoms with E-state index in [1.54, 1.807) is 19.0 Å². The number of guanidine groups is 1.